The summed E-state index contributed by atoms with van der Waals surface area (Å²) in [6.07, 6.45) is 2.21. The SMILES string of the molecule is CN=C(NCCOc1ccc2c(c1)OCO2)NC1CCN(c2cccs2)CC1. The third kappa shape index (κ3) is 4.62. The second kappa shape index (κ2) is 9.05. The number of rotatable bonds is 6. The molecule has 7 nitrogen and oxygen atoms in total. The quantitative estimate of drug-likeness (QED) is 0.440. The van der Waals surface area contributed by atoms with Crippen molar-refractivity contribution in [2.75, 3.05) is 45.0 Å². The molecule has 0 unspecified atom stereocenters. The van der Waals surface area contributed by atoms with E-state index >= 15 is 0 Å². The van der Waals surface area contributed by atoms with Crippen LogP contribution >= 0.6 is 11.3 Å². The minimum atomic E-state index is 0.272. The summed E-state index contributed by atoms with van der Waals surface area (Å²) >= 11 is 1.81. The topological polar surface area (TPSA) is 67.4 Å². The van der Waals surface area contributed by atoms with Gasteiger partial charge in [-0.2, -0.15) is 0 Å². The lowest BCUT2D eigenvalue weighted by molar-refractivity contribution is 0.173. The summed E-state index contributed by atoms with van der Waals surface area (Å²) in [5.74, 6) is 3.09. The fraction of sp³-hybridized carbons (Fsp3) is 0.450. The summed E-state index contributed by atoms with van der Waals surface area (Å²) in [4.78, 5) is 6.79. The van der Waals surface area contributed by atoms with Gasteiger partial charge in [-0.25, -0.2) is 0 Å². The molecule has 8 heteroatoms. The van der Waals surface area contributed by atoms with Crippen LogP contribution in [-0.2, 0) is 0 Å². The standard InChI is InChI=1S/C20H26N4O3S/c1-21-20(23-15-6-9-24(10-7-15)19-3-2-12-28-19)22-8-11-25-16-4-5-17-18(13-16)27-14-26-17/h2-5,12-13,15H,6-11,14H2,1H3,(H2,21,22,23). The molecule has 1 aromatic carbocycles. The number of thiophene rings is 1. The van der Waals surface area contributed by atoms with Gasteiger partial charge < -0.3 is 29.7 Å². The molecule has 0 radical (unpaired) electrons. The average molecular weight is 403 g/mol. The zero-order chi connectivity index (χ0) is 19.2. The molecule has 2 aromatic rings. The minimum Gasteiger partial charge on any atom is -0.492 e. The first-order chi connectivity index (χ1) is 13.8. The van der Waals surface area contributed by atoms with Crippen molar-refractivity contribution >= 4 is 22.3 Å². The van der Waals surface area contributed by atoms with E-state index in [1.54, 1.807) is 7.05 Å². The zero-order valence-corrected chi connectivity index (χ0v) is 16.8. The molecule has 2 aliphatic rings. The molecule has 1 fully saturated rings. The smallest absolute Gasteiger partial charge is 0.231 e. The van der Waals surface area contributed by atoms with Gasteiger partial charge in [0.25, 0.3) is 0 Å². The Labute approximate surface area is 169 Å². The molecule has 0 spiro atoms. The van der Waals surface area contributed by atoms with Crippen LogP contribution in [0.4, 0.5) is 5.00 Å². The molecule has 0 bridgehead atoms. The molecule has 1 saturated heterocycles. The number of ether oxygens (including phenoxy) is 3. The number of piperidine rings is 1. The van der Waals surface area contributed by atoms with Crippen LogP contribution in [0.25, 0.3) is 0 Å². The van der Waals surface area contributed by atoms with E-state index in [4.69, 9.17) is 14.2 Å². The highest BCUT2D eigenvalue weighted by atomic mass is 32.1. The fourth-order valence-electron chi connectivity index (χ4n) is 3.39. The van der Waals surface area contributed by atoms with Crippen LogP contribution in [0.15, 0.2) is 40.7 Å². The number of hydrogen-bond acceptors (Lipinski definition) is 6. The first-order valence-electron chi connectivity index (χ1n) is 9.60. The maximum absolute atomic E-state index is 5.79. The van der Waals surface area contributed by atoms with Crippen molar-refractivity contribution in [1.82, 2.24) is 10.6 Å². The molecule has 2 N–H and O–H groups in total. The number of fused-ring (bicyclic) bond motifs is 1. The molecule has 0 amide bonds. The van der Waals surface area contributed by atoms with Crippen LogP contribution in [0.2, 0.25) is 0 Å². The third-order valence-electron chi connectivity index (χ3n) is 4.88. The molecular weight excluding hydrogens is 376 g/mol. The monoisotopic (exact) mass is 402 g/mol. The molecule has 1 aromatic heterocycles. The summed E-state index contributed by atoms with van der Waals surface area (Å²) in [6.45, 7) is 3.62. The summed E-state index contributed by atoms with van der Waals surface area (Å²) in [5, 5.41) is 10.4. The van der Waals surface area contributed by atoms with Crippen molar-refractivity contribution in [3.8, 4) is 17.2 Å². The highest BCUT2D eigenvalue weighted by Crippen LogP contribution is 2.35. The Morgan fingerprint density at radius 2 is 2.11 bits per heavy atom. The number of anilines is 1. The van der Waals surface area contributed by atoms with E-state index in [-0.39, 0.29) is 6.79 Å². The molecule has 2 aliphatic heterocycles. The van der Waals surface area contributed by atoms with Crippen molar-refractivity contribution < 1.29 is 14.2 Å². The van der Waals surface area contributed by atoms with Crippen LogP contribution in [-0.4, -0.2) is 52.1 Å². The van der Waals surface area contributed by atoms with Crippen LogP contribution in [0.5, 0.6) is 17.2 Å². The molecule has 150 valence electrons. The lowest BCUT2D eigenvalue weighted by atomic mass is 10.1. The summed E-state index contributed by atoms with van der Waals surface area (Å²) in [6, 6.07) is 10.4. The fourth-order valence-corrected chi connectivity index (χ4v) is 4.17. The van der Waals surface area contributed by atoms with Gasteiger partial charge in [-0.05, 0) is 42.5 Å². The predicted octanol–water partition coefficient (Wildman–Crippen LogP) is 2.69. The second-order valence-electron chi connectivity index (χ2n) is 6.72. The molecule has 0 aliphatic carbocycles. The number of hydrogen-bond donors (Lipinski definition) is 2. The van der Waals surface area contributed by atoms with Crippen molar-refractivity contribution in [2.45, 2.75) is 18.9 Å². The van der Waals surface area contributed by atoms with Crippen LogP contribution in [0, 0.1) is 0 Å². The molecule has 3 heterocycles. The van der Waals surface area contributed by atoms with E-state index in [1.807, 2.05) is 29.5 Å². The molecule has 28 heavy (non-hydrogen) atoms. The van der Waals surface area contributed by atoms with E-state index < -0.39 is 0 Å². The van der Waals surface area contributed by atoms with Crippen molar-refractivity contribution in [3.63, 3.8) is 0 Å². The minimum absolute atomic E-state index is 0.272. The second-order valence-corrected chi connectivity index (χ2v) is 7.65. The van der Waals surface area contributed by atoms with E-state index in [0.717, 1.165) is 49.1 Å². The van der Waals surface area contributed by atoms with E-state index in [9.17, 15) is 0 Å². The lowest BCUT2D eigenvalue weighted by Gasteiger charge is -2.33. The Morgan fingerprint density at radius 1 is 1.25 bits per heavy atom. The van der Waals surface area contributed by atoms with Gasteiger partial charge in [0.1, 0.15) is 12.4 Å². The Balaban J connectivity index is 1.16. The molecule has 4 rings (SSSR count). The Bertz CT molecular complexity index is 789. The maximum Gasteiger partial charge on any atom is 0.231 e. The van der Waals surface area contributed by atoms with Crippen molar-refractivity contribution in [1.29, 1.82) is 0 Å². The summed E-state index contributed by atoms with van der Waals surface area (Å²) < 4.78 is 16.5. The van der Waals surface area contributed by atoms with Gasteiger partial charge in [0.15, 0.2) is 17.5 Å². The zero-order valence-electron chi connectivity index (χ0n) is 16.0. The van der Waals surface area contributed by atoms with Crippen molar-refractivity contribution in [3.05, 3.63) is 35.7 Å². The number of aliphatic imine (C=N–C) groups is 1. The van der Waals surface area contributed by atoms with Gasteiger partial charge >= 0.3 is 0 Å². The average Bonchev–Trinajstić information content (AvgIpc) is 3.42. The summed E-state index contributed by atoms with van der Waals surface area (Å²) in [5.41, 5.74) is 0. The van der Waals surface area contributed by atoms with Gasteiger partial charge in [-0.3, -0.25) is 4.99 Å². The maximum atomic E-state index is 5.79. The number of nitrogens with zero attached hydrogens (tertiary/aromatic N) is 2. The molecule has 0 saturated carbocycles. The van der Waals surface area contributed by atoms with Crippen LogP contribution in [0.1, 0.15) is 12.8 Å². The van der Waals surface area contributed by atoms with Gasteiger partial charge in [0, 0.05) is 32.2 Å². The Morgan fingerprint density at radius 3 is 2.89 bits per heavy atom. The number of benzene rings is 1. The normalized spacial score (nSPS) is 16.9. The number of nitrogens with one attached hydrogen (secondary N) is 2. The van der Waals surface area contributed by atoms with Gasteiger partial charge in [-0.15, -0.1) is 11.3 Å². The highest BCUT2D eigenvalue weighted by molar-refractivity contribution is 7.14. The van der Waals surface area contributed by atoms with Gasteiger partial charge in [-0.1, -0.05) is 0 Å². The predicted molar refractivity (Wildman–Crippen MR) is 112 cm³/mol. The Kier molecular flexibility index (Phi) is 6.06. The first kappa shape index (κ1) is 18.7. The van der Waals surface area contributed by atoms with Crippen molar-refractivity contribution in [2.24, 2.45) is 4.99 Å². The van der Waals surface area contributed by atoms with E-state index in [1.165, 1.54) is 5.00 Å². The molecular formula is C20H26N4O3S. The summed E-state index contributed by atoms with van der Waals surface area (Å²) in [7, 11) is 1.80. The van der Waals surface area contributed by atoms with E-state index in [0.29, 0.717) is 19.2 Å². The van der Waals surface area contributed by atoms with Gasteiger partial charge in [0.2, 0.25) is 6.79 Å². The van der Waals surface area contributed by atoms with Gasteiger partial charge in [0.05, 0.1) is 11.5 Å². The number of guanidine groups is 1. The van der Waals surface area contributed by atoms with E-state index in [2.05, 4.69) is 38.0 Å². The lowest BCUT2D eigenvalue weighted by Crippen LogP contribution is -2.49. The van der Waals surface area contributed by atoms with Crippen LogP contribution in [0.3, 0.4) is 0 Å². The Hall–Kier alpha value is -2.61. The molecule has 0 atom stereocenters. The highest BCUT2D eigenvalue weighted by Gasteiger charge is 2.20. The third-order valence-corrected chi connectivity index (χ3v) is 5.81. The first-order valence-corrected chi connectivity index (χ1v) is 10.5. The van der Waals surface area contributed by atoms with Crippen LogP contribution < -0.4 is 29.7 Å². The largest absolute Gasteiger partial charge is 0.492 e.